The van der Waals surface area contributed by atoms with Gasteiger partial charge < -0.3 is 14.4 Å². The fourth-order valence-corrected chi connectivity index (χ4v) is 3.13. The second-order valence-corrected chi connectivity index (χ2v) is 6.38. The van der Waals surface area contributed by atoms with Crippen molar-refractivity contribution in [2.75, 3.05) is 7.11 Å². The third kappa shape index (κ3) is 2.65. The first kappa shape index (κ1) is 15.7. The van der Waals surface area contributed by atoms with Crippen LogP contribution in [0.25, 0.3) is 16.9 Å². The van der Waals surface area contributed by atoms with Gasteiger partial charge in [-0.1, -0.05) is 25.1 Å². The van der Waals surface area contributed by atoms with Crippen molar-refractivity contribution >= 4 is 5.57 Å². The Balaban J connectivity index is 2.21. The van der Waals surface area contributed by atoms with Gasteiger partial charge in [-0.15, -0.1) is 0 Å². The molecular weight excluding hydrogens is 297 g/mol. The number of benzene rings is 1. The summed E-state index contributed by atoms with van der Waals surface area (Å²) in [6, 6.07) is 4.48. The van der Waals surface area contributed by atoms with Crippen molar-refractivity contribution in [1.29, 1.82) is 0 Å². The van der Waals surface area contributed by atoms with E-state index in [1.165, 1.54) is 13.2 Å². The van der Waals surface area contributed by atoms with Gasteiger partial charge in [0, 0.05) is 0 Å². The largest absolute Gasteiger partial charge is 0.497 e. The average Bonchev–Trinajstić information content (AvgIpc) is 3.09. The number of nitrogens with zero attached hydrogens (tertiary/aromatic N) is 1. The number of aromatic nitrogens is 1. The molecule has 1 aliphatic carbocycles. The highest BCUT2D eigenvalue weighted by Crippen LogP contribution is 2.48. The molecule has 1 N–H and O–H groups in total. The molecule has 0 amide bonds. The van der Waals surface area contributed by atoms with E-state index in [0.717, 1.165) is 18.4 Å². The number of ether oxygens (including phenoxy) is 1. The summed E-state index contributed by atoms with van der Waals surface area (Å²) in [5.74, 6) is 0.463. The highest BCUT2D eigenvalue weighted by molar-refractivity contribution is 5.83. The predicted octanol–water partition coefficient (Wildman–Crippen LogP) is 4.19. The molecule has 0 saturated carbocycles. The molecule has 0 saturated heterocycles. The van der Waals surface area contributed by atoms with E-state index in [2.05, 4.69) is 25.1 Å². The maximum absolute atomic E-state index is 14.3. The van der Waals surface area contributed by atoms with Gasteiger partial charge in [-0.25, -0.2) is 4.39 Å². The molecule has 0 spiro atoms. The summed E-state index contributed by atoms with van der Waals surface area (Å²) >= 11 is 0. The minimum Gasteiger partial charge on any atom is -0.497 e. The summed E-state index contributed by atoms with van der Waals surface area (Å²) in [5.41, 5.74) is 2.39. The van der Waals surface area contributed by atoms with Crippen molar-refractivity contribution in [3.8, 4) is 17.1 Å². The van der Waals surface area contributed by atoms with Crippen LogP contribution in [0.1, 0.15) is 37.9 Å². The third-order valence-electron chi connectivity index (χ3n) is 4.45. The zero-order valence-electron chi connectivity index (χ0n) is 13.5. The second kappa shape index (κ2) is 5.81. The Labute approximate surface area is 134 Å². The summed E-state index contributed by atoms with van der Waals surface area (Å²) in [4.78, 5) is 0. The fraction of sp³-hybridized carbons (Fsp3) is 0.389. The van der Waals surface area contributed by atoms with Gasteiger partial charge in [0.1, 0.15) is 17.3 Å². The van der Waals surface area contributed by atoms with Crippen molar-refractivity contribution in [2.45, 2.75) is 33.3 Å². The number of methoxy groups -OCH3 is 1. The molecule has 0 aliphatic heterocycles. The molecule has 122 valence electrons. The Morgan fingerprint density at radius 3 is 2.78 bits per heavy atom. The Hall–Kier alpha value is -2.14. The van der Waals surface area contributed by atoms with E-state index in [1.54, 1.807) is 12.1 Å². The van der Waals surface area contributed by atoms with Crippen molar-refractivity contribution in [1.82, 2.24) is 5.16 Å². The van der Waals surface area contributed by atoms with E-state index in [-0.39, 0.29) is 17.6 Å². The summed E-state index contributed by atoms with van der Waals surface area (Å²) in [6.45, 7) is 4.01. The van der Waals surface area contributed by atoms with Gasteiger partial charge in [-0.2, -0.15) is 0 Å². The molecule has 0 bridgehead atoms. The van der Waals surface area contributed by atoms with Gasteiger partial charge in [0.25, 0.3) is 0 Å². The Bertz CT molecular complexity index is 762. The predicted molar refractivity (Wildman–Crippen MR) is 85.4 cm³/mol. The van der Waals surface area contributed by atoms with Crippen molar-refractivity contribution in [3.05, 3.63) is 41.3 Å². The quantitative estimate of drug-likeness (QED) is 0.919. The molecule has 1 aliphatic rings. The standard InChI is InChI=1S/C18H20FNO3/c1-18(2)8-4-5-13(18)16-15(10-21)20-23-17(16)12-9-11(22-3)6-7-14(12)19/h5-7,9,21H,4,8,10H2,1-3H3. The molecule has 1 aromatic carbocycles. The normalized spacial score (nSPS) is 16.5. The van der Waals surface area contributed by atoms with Crippen LogP contribution in [-0.2, 0) is 6.61 Å². The molecule has 4 nitrogen and oxygen atoms in total. The van der Waals surface area contributed by atoms with E-state index >= 15 is 0 Å². The minimum atomic E-state index is -0.413. The lowest BCUT2D eigenvalue weighted by Gasteiger charge is -2.23. The van der Waals surface area contributed by atoms with Crippen LogP contribution in [0.3, 0.4) is 0 Å². The van der Waals surface area contributed by atoms with E-state index in [9.17, 15) is 9.50 Å². The first-order chi connectivity index (χ1) is 11.0. The zero-order chi connectivity index (χ0) is 16.6. The van der Waals surface area contributed by atoms with Gasteiger partial charge in [0.2, 0.25) is 0 Å². The molecule has 3 rings (SSSR count). The van der Waals surface area contributed by atoms with Crippen LogP contribution in [-0.4, -0.2) is 17.4 Å². The van der Waals surface area contributed by atoms with Gasteiger partial charge in [-0.3, -0.25) is 0 Å². The van der Waals surface area contributed by atoms with Gasteiger partial charge in [0.05, 0.1) is 24.8 Å². The number of hydrogen-bond donors (Lipinski definition) is 1. The summed E-state index contributed by atoms with van der Waals surface area (Å²) in [6.07, 6.45) is 4.06. The average molecular weight is 317 g/mol. The van der Waals surface area contributed by atoms with Crippen LogP contribution < -0.4 is 4.74 Å². The maximum atomic E-state index is 14.3. The second-order valence-electron chi connectivity index (χ2n) is 6.38. The SMILES string of the molecule is COc1ccc(F)c(-c2onc(CO)c2C2=CCCC2(C)C)c1. The molecule has 1 heterocycles. The van der Waals surface area contributed by atoms with Gasteiger partial charge in [0.15, 0.2) is 5.76 Å². The Kier molecular flexibility index (Phi) is 3.98. The number of aliphatic hydroxyl groups is 1. The third-order valence-corrected chi connectivity index (χ3v) is 4.45. The van der Waals surface area contributed by atoms with Gasteiger partial charge in [-0.05, 0) is 42.0 Å². The molecular formula is C18H20FNO3. The minimum absolute atomic E-state index is 0.0699. The molecule has 0 fully saturated rings. The summed E-state index contributed by atoms with van der Waals surface area (Å²) < 4.78 is 24.9. The monoisotopic (exact) mass is 317 g/mol. The topological polar surface area (TPSA) is 55.5 Å². The van der Waals surface area contributed by atoms with Crippen LogP contribution in [0, 0.1) is 11.2 Å². The molecule has 5 heteroatoms. The molecule has 23 heavy (non-hydrogen) atoms. The van der Waals surface area contributed by atoms with Crippen molar-refractivity contribution < 1.29 is 18.8 Å². The number of allylic oxidation sites excluding steroid dienone is 2. The Morgan fingerprint density at radius 1 is 1.39 bits per heavy atom. The number of rotatable bonds is 4. The highest BCUT2D eigenvalue weighted by Gasteiger charge is 2.34. The van der Waals surface area contributed by atoms with Crippen molar-refractivity contribution in [3.63, 3.8) is 0 Å². The lowest BCUT2D eigenvalue weighted by Crippen LogP contribution is -2.10. The first-order valence-electron chi connectivity index (χ1n) is 7.62. The van der Waals surface area contributed by atoms with E-state index in [1.807, 2.05) is 0 Å². The zero-order valence-corrected chi connectivity index (χ0v) is 13.5. The van der Waals surface area contributed by atoms with Crippen LogP contribution in [0.4, 0.5) is 4.39 Å². The first-order valence-corrected chi connectivity index (χ1v) is 7.62. The summed E-state index contributed by atoms with van der Waals surface area (Å²) in [7, 11) is 1.53. The van der Waals surface area contributed by atoms with E-state index < -0.39 is 5.82 Å². The van der Waals surface area contributed by atoms with Crippen LogP contribution in [0.15, 0.2) is 28.8 Å². The number of hydrogen-bond acceptors (Lipinski definition) is 4. The smallest absolute Gasteiger partial charge is 0.177 e. The van der Waals surface area contributed by atoms with Gasteiger partial charge >= 0.3 is 0 Å². The number of aliphatic hydroxyl groups excluding tert-OH is 1. The maximum Gasteiger partial charge on any atom is 0.177 e. The van der Waals surface area contributed by atoms with Crippen LogP contribution >= 0.6 is 0 Å². The number of halogens is 1. The lowest BCUT2D eigenvalue weighted by atomic mass is 9.80. The van der Waals surface area contributed by atoms with Crippen LogP contribution in [0.2, 0.25) is 0 Å². The van der Waals surface area contributed by atoms with E-state index in [0.29, 0.717) is 22.8 Å². The van der Waals surface area contributed by atoms with Crippen LogP contribution in [0.5, 0.6) is 5.75 Å². The molecule has 1 aromatic heterocycles. The molecule has 0 atom stereocenters. The lowest BCUT2D eigenvalue weighted by molar-refractivity contribution is 0.266. The highest BCUT2D eigenvalue weighted by atomic mass is 19.1. The molecule has 0 radical (unpaired) electrons. The summed E-state index contributed by atoms with van der Waals surface area (Å²) in [5, 5.41) is 13.6. The molecule has 0 unspecified atom stereocenters. The van der Waals surface area contributed by atoms with E-state index in [4.69, 9.17) is 9.26 Å². The Morgan fingerprint density at radius 2 is 2.17 bits per heavy atom. The fourth-order valence-electron chi connectivity index (χ4n) is 3.13. The molecule has 2 aromatic rings. The van der Waals surface area contributed by atoms with Crippen molar-refractivity contribution in [2.24, 2.45) is 5.41 Å².